The minimum Gasteiger partial charge on any atom is -0.464 e. The fraction of sp³-hybridized carbons (Fsp3) is 0.857. The number of nitrogens with one attached hydrogen (secondary N) is 2. The van der Waals surface area contributed by atoms with Crippen LogP contribution in [-0.4, -0.2) is 17.2 Å². The highest BCUT2D eigenvalue weighted by Crippen LogP contribution is 2.60. The van der Waals surface area contributed by atoms with Crippen molar-refractivity contribution >= 4 is 6.09 Å². The van der Waals surface area contributed by atoms with E-state index in [0.717, 1.165) is 12.8 Å². The quantitative estimate of drug-likeness (QED) is 0.516. The van der Waals surface area contributed by atoms with Crippen molar-refractivity contribution in [1.82, 2.24) is 10.9 Å². The van der Waals surface area contributed by atoms with Crippen LogP contribution < -0.4 is 10.9 Å². The summed E-state index contributed by atoms with van der Waals surface area (Å²) in [4.78, 5) is 10.0. The Kier molecular flexibility index (Phi) is 1.32. The third kappa shape index (κ3) is 1.30. The van der Waals surface area contributed by atoms with E-state index in [4.69, 9.17) is 5.11 Å². The maximum atomic E-state index is 10.0. The molecule has 2 saturated carbocycles. The second-order valence-electron chi connectivity index (χ2n) is 3.68. The summed E-state index contributed by atoms with van der Waals surface area (Å²) in [5.74, 6) is 0. The molecule has 2 fully saturated rings. The van der Waals surface area contributed by atoms with E-state index in [2.05, 4.69) is 10.9 Å². The van der Waals surface area contributed by atoms with Gasteiger partial charge in [-0.05, 0) is 31.1 Å². The van der Waals surface area contributed by atoms with E-state index in [1.807, 2.05) is 0 Å². The van der Waals surface area contributed by atoms with Gasteiger partial charge in [-0.15, -0.1) is 0 Å². The fourth-order valence-electron chi connectivity index (χ4n) is 1.84. The van der Waals surface area contributed by atoms with E-state index < -0.39 is 6.09 Å². The second kappa shape index (κ2) is 2.11. The highest BCUT2D eigenvalue weighted by Gasteiger charge is 2.52. The SMILES string of the molecule is O=C(O)NNC1CC2(CC2)C1. The molecule has 0 heterocycles. The normalized spacial score (nSPS) is 26.2. The molecule has 2 rings (SSSR count). The molecule has 1 amide bonds. The number of rotatable bonds is 2. The minimum atomic E-state index is -0.998. The lowest BCUT2D eigenvalue weighted by Gasteiger charge is -2.35. The van der Waals surface area contributed by atoms with Crippen LogP contribution in [0.15, 0.2) is 0 Å². The molecule has 3 N–H and O–H groups in total. The Morgan fingerprint density at radius 2 is 2.09 bits per heavy atom. The van der Waals surface area contributed by atoms with Gasteiger partial charge in [0.25, 0.3) is 0 Å². The molecule has 0 unspecified atom stereocenters. The van der Waals surface area contributed by atoms with Gasteiger partial charge in [0.15, 0.2) is 0 Å². The summed E-state index contributed by atoms with van der Waals surface area (Å²) >= 11 is 0. The summed E-state index contributed by atoms with van der Waals surface area (Å²) < 4.78 is 0. The van der Waals surface area contributed by atoms with Crippen LogP contribution >= 0.6 is 0 Å². The van der Waals surface area contributed by atoms with E-state index in [1.165, 1.54) is 12.8 Å². The zero-order valence-corrected chi connectivity index (χ0v) is 6.26. The summed E-state index contributed by atoms with van der Waals surface area (Å²) in [5.41, 5.74) is 5.58. The van der Waals surface area contributed by atoms with Crippen LogP contribution in [0.4, 0.5) is 4.79 Å². The Balaban J connectivity index is 1.63. The summed E-state index contributed by atoms with van der Waals surface area (Å²) in [6.45, 7) is 0. The van der Waals surface area contributed by atoms with Crippen molar-refractivity contribution in [2.24, 2.45) is 5.41 Å². The van der Waals surface area contributed by atoms with Gasteiger partial charge in [0, 0.05) is 6.04 Å². The van der Waals surface area contributed by atoms with Crippen LogP contribution in [0.2, 0.25) is 0 Å². The largest absolute Gasteiger partial charge is 0.464 e. The minimum absolute atomic E-state index is 0.383. The van der Waals surface area contributed by atoms with Crippen molar-refractivity contribution in [3.05, 3.63) is 0 Å². The molecule has 0 aromatic heterocycles. The molecular weight excluding hydrogens is 144 g/mol. The molecule has 11 heavy (non-hydrogen) atoms. The molecule has 0 aromatic carbocycles. The predicted molar refractivity (Wildman–Crippen MR) is 39.0 cm³/mol. The van der Waals surface area contributed by atoms with Crippen LogP contribution in [-0.2, 0) is 0 Å². The first-order valence-electron chi connectivity index (χ1n) is 3.95. The Labute approximate surface area is 64.9 Å². The van der Waals surface area contributed by atoms with Crippen molar-refractivity contribution in [2.75, 3.05) is 0 Å². The van der Waals surface area contributed by atoms with Gasteiger partial charge in [0.1, 0.15) is 0 Å². The van der Waals surface area contributed by atoms with E-state index in [9.17, 15) is 4.79 Å². The Hall–Kier alpha value is -0.770. The maximum Gasteiger partial charge on any atom is 0.419 e. The van der Waals surface area contributed by atoms with Gasteiger partial charge in [0.05, 0.1) is 0 Å². The highest BCUT2D eigenvalue weighted by atomic mass is 16.4. The van der Waals surface area contributed by atoms with Crippen molar-refractivity contribution in [3.63, 3.8) is 0 Å². The van der Waals surface area contributed by atoms with Gasteiger partial charge in [-0.1, -0.05) is 0 Å². The topological polar surface area (TPSA) is 61.4 Å². The summed E-state index contributed by atoms with van der Waals surface area (Å²) in [6, 6.07) is 0.383. The van der Waals surface area contributed by atoms with Gasteiger partial charge < -0.3 is 5.11 Å². The lowest BCUT2D eigenvalue weighted by Crippen LogP contribution is -2.50. The molecule has 0 aromatic rings. The van der Waals surface area contributed by atoms with Crippen LogP contribution in [0.25, 0.3) is 0 Å². The van der Waals surface area contributed by atoms with Gasteiger partial charge in [-0.2, -0.15) is 0 Å². The summed E-state index contributed by atoms with van der Waals surface area (Å²) in [7, 11) is 0. The van der Waals surface area contributed by atoms with Gasteiger partial charge in [0.2, 0.25) is 0 Å². The number of carbonyl (C=O) groups is 1. The van der Waals surface area contributed by atoms with Crippen molar-refractivity contribution in [2.45, 2.75) is 31.7 Å². The molecule has 2 aliphatic rings. The highest BCUT2D eigenvalue weighted by molar-refractivity contribution is 5.63. The van der Waals surface area contributed by atoms with Gasteiger partial charge in [-0.25, -0.2) is 10.2 Å². The monoisotopic (exact) mass is 156 g/mol. The van der Waals surface area contributed by atoms with Crippen molar-refractivity contribution in [1.29, 1.82) is 0 Å². The molecule has 4 nitrogen and oxygen atoms in total. The van der Waals surface area contributed by atoms with Crippen LogP contribution in [0, 0.1) is 5.41 Å². The third-order valence-corrected chi connectivity index (χ3v) is 2.70. The van der Waals surface area contributed by atoms with Crippen LogP contribution in [0.1, 0.15) is 25.7 Å². The fourth-order valence-corrected chi connectivity index (χ4v) is 1.84. The van der Waals surface area contributed by atoms with Gasteiger partial charge >= 0.3 is 6.09 Å². The molecule has 0 atom stereocenters. The molecule has 2 aliphatic carbocycles. The Morgan fingerprint density at radius 1 is 1.45 bits per heavy atom. The number of carboxylic acid groups (broad SMARTS) is 1. The van der Waals surface area contributed by atoms with E-state index in [0.29, 0.717) is 11.5 Å². The zero-order valence-electron chi connectivity index (χ0n) is 6.26. The van der Waals surface area contributed by atoms with Crippen molar-refractivity contribution in [3.8, 4) is 0 Å². The number of hydrazine groups is 1. The number of hydrogen-bond acceptors (Lipinski definition) is 2. The Bertz CT molecular complexity index is 181. The smallest absolute Gasteiger partial charge is 0.419 e. The zero-order chi connectivity index (χ0) is 7.90. The maximum absolute atomic E-state index is 10.0. The second-order valence-corrected chi connectivity index (χ2v) is 3.68. The molecular formula is C7H12N2O2. The molecule has 1 spiro atoms. The van der Waals surface area contributed by atoms with Crippen LogP contribution in [0.5, 0.6) is 0 Å². The lowest BCUT2D eigenvalue weighted by atomic mass is 9.77. The lowest BCUT2D eigenvalue weighted by molar-refractivity contribution is 0.156. The molecule has 0 radical (unpaired) electrons. The Morgan fingerprint density at radius 3 is 2.55 bits per heavy atom. The molecule has 0 bridgehead atoms. The third-order valence-electron chi connectivity index (χ3n) is 2.70. The number of amides is 1. The van der Waals surface area contributed by atoms with Gasteiger partial charge in [-0.3, -0.25) is 5.43 Å². The van der Waals surface area contributed by atoms with Crippen molar-refractivity contribution < 1.29 is 9.90 Å². The summed E-state index contributed by atoms with van der Waals surface area (Å²) in [5, 5.41) is 8.25. The molecule has 62 valence electrons. The molecule has 0 aliphatic heterocycles. The van der Waals surface area contributed by atoms with E-state index in [1.54, 1.807) is 0 Å². The number of hydrogen-bond donors (Lipinski definition) is 3. The average molecular weight is 156 g/mol. The molecule has 4 heteroatoms. The first-order valence-corrected chi connectivity index (χ1v) is 3.95. The summed E-state index contributed by atoms with van der Waals surface area (Å²) in [6.07, 6.45) is 3.98. The average Bonchev–Trinajstić information content (AvgIpc) is 2.58. The molecule has 0 saturated heterocycles. The van der Waals surface area contributed by atoms with E-state index in [-0.39, 0.29) is 0 Å². The first-order chi connectivity index (χ1) is 5.20. The van der Waals surface area contributed by atoms with Crippen LogP contribution in [0.3, 0.4) is 0 Å². The van der Waals surface area contributed by atoms with E-state index >= 15 is 0 Å². The standard InChI is InChI=1S/C7H12N2O2/c10-6(11)9-8-5-3-7(4-5)1-2-7/h5,8-9H,1-4H2,(H,10,11). The first kappa shape index (κ1) is 6.91. The predicted octanol–water partition coefficient (Wildman–Crippen LogP) is 0.701.